The van der Waals surface area contributed by atoms with E-state index in [-0.39, 0.29) is 12.3 Å². The van der Waals surface area contributed by atoms with E-state index in [1.54, 1.807) is 12.1 Å². The number of carbonyl (C=O) groups excluding carboxylic acids is 2. The van der Waals surface area contributed by atoms with Gasteiger partial charge in [0.25, 0.3) is 0 Å². The van der Waals surface area contributed by atoms with Gasteiger partial charge in [-0.3, -0.25) is 19.3 Å². The molecule has 0 bridgehead atoms. The number of fused-ring (bicyclic) bond motifs is 1. The third-order valence-electron chi connectivity index (χ3n) is 3.15. The molecule has 0 spiro atoms. The van der Waals surface area contributed by atoms with Gasteiger partial charge in [-0.1, -0.05) is 12.1 Å². The van der Waals surface area contributed by atoms with E-state index in [0.717, 1.165) is 4.90 Å². The number of carbonyl (C=O) groups is 3. The fourth-order valence-electron chi connectivity index (χ4n) is 2.13. The number of hydrogen-bond donors (Lipinski definition) is 1. The van der Waals surface area contributed by atoms with Crippen molar-refractivity contribution in [3.05, 3.63) is 24.3 Å². The fraction of sp³-hybridized carbons (Fsp3) is 0.357. The van der Waals surface area contributed by atoms with Gasteiger partial charge in [-0.15, -0.1) is 11.8 Å². The number of ether oxygens (including phenoxy) is 1. The van der Waals surface area contributed by atoms with Crippen LogP contribution in [0.3, 0.4) is 0 Å². The predicted octanol–water partition coefficient (Wildman–Crippen LogP) is 1.39. The largest absolute Gasteiger partial charge is 0.480 e. The summed E-state index contributed by atoms with van der Waals surface area (Å²) in [5.41, 5.74) is 0.572. The highest BCUT2D eigenvalue weighted by atomic mass is 32.2. The first-order valence-electron chi connectivity index (χ1n) is 6.34. The predicted molar refractivity (Wildman–Crippen MR) is 77.3 cm³/mol. The summed E-state index contributed by atoms with van der Waals surface area (Å²) >= 11 is 1.44. The third kappa shape index (κ3) is 3.55. The number of hydrogen-bond acceptors (Lipinski definition) is 5. The lowest BCUT2D eigenvalue weighted by Gasteiger charge is -2.23. The minimum absolute atomic E-state index is 0.0492. The second-order valence-corrected chi connectivity index (χ2v) is 5.64. The Morgan fingerprint density at radius 2 is 2.14 bits per heavy atom. The number of para-hydroxylation sites is 1. The van der Waals surface area contributed by atoms with Crippen LogP contribution in [0.4, 0.5) is 5.69 Å². The zero-order chi connectivity index (χ0) is 15.4. The van der Waals surface area contributed by atoms with Gasteiger partial charge in [0.2, 0.25) is 5.91 Å². The van der Waals surface area contributed by atoms with Crippen LogP contribution >= 0.6 is 11.8 Å². The van der Waals surface area contributed by atoms with Crippen LogP contribution in [0.25, 0.3) is 0 Å². The van der Waals surface area contributed by atoms with E-state index < -0.39 is 24.4 Å². The van der Waals surface area contributed by atoms with Crippen molar-refractivity contribution >= 4 is 35.3 Å². The number of carboxylic acids is 1. The molecule has 1 amide bonds. The summed E-state index contributed by atoms with van der Waals surface area (Å²) < 4.78 is 4.60. The van der Waals surface area contributed by atoms with Crippen molar-refractivity contribution in [2.75, 3.05) is 24.3 Å². The monoisotopic (exact) mass is 309 g/mol. The van der Waals surface area contributed by atoms with E-state index >= 15 is 0 Å². The summed E-state index contributed by atoms with van der Waals surface area (Å²) in [5.74, 6) is -2.10. The number of amides is 1. The van der Waals surface area contributed by atoms with Gasteiger partial charge in [-0.25, -0.2) is 0 Å². The molecule has 7 heteroatoms. The lowest BCUT2D eigenvalue weighted by molar-refractivity contribution is -0.143. The highest BCUT2D eigenvalue weighted by Gasteiger charge is 2.33. The zero-order valence-electron chi connectivity index (χ0n) is 11.4. The molecule has 2 rings (SSSR count). The third-order valence-corrected chi connectivity index (χ3v) is 4.37. The second-order valence-electron chi connectivity index (χ2n) is 4.57. The standard InChI is InChI=1S/C14H15NO5S/c1-20-13(18)6-9-8-21-11-5-3-2-4-10(11)15(14(9)19)7-12(16)17/h2-5,9H,6-8H2,1H3,(H,16,17). The molecule has 1 aromatic carbocycles. The van der Waals surface area contributed by atoms with Crippen molar-refractivity contribution in [2.45, 2.75) is 11.3 Å². The number of thioether (sulfide) groups is 1. The Bertz CT molecular complexity index is 574. The first-order chi connectivity index (χ1) is 10.0. The lowest BCUT2D eigenvalue weighted by Crippen LogP contribution is -2.40. The molecular formula is C14H15NO5S. The molecule has 1 aliphatic rings. The van der Waals surface area contributed by atoms with Crippen molar-refractivity contribution < 1.29 is 24.2 Å². The number of carboxylic acid groups (broad SMARTS) is 1. The Kier molecular flexibility index (Phi) is 4.85. The van der Waals surface area contributed by atoms with Crippen LogP contribution in [0, 0.1) is 5.92 Å². The summed E-state index contributed by atoms with van der Waals surface area (Å²) in [7, 11) is 1.26. The normalized spacial score (nSPS) is 17.9. The van der Waals surface area contributed by atoms with E-state index in [2.05, 4.69) is 4.74 Å². The summed E-state index contributed by atoms with van der Waals surface area (Å²) in [4.78, 5) is 37.0. The van der Waals surface area contributed by atoms with Gasteiger partial charge in [0.05, 0.1) is 25.1 Å². The molecule has 0 saturated carbocycles. The molecule has 0 aliphatic carbocycles. The average molecular weight is 309 g/mol. The fourth-order valence-corrected chi connectivity index (χ4v) is 3.27. The van der Waals surface area contributed by atoms with E-state index in [9.17, 15) is 14.4 Å². The number of anilines is 1. The van der Waals surface area contributed by atoms with E-state index in [1.165, 1.54) is 23.8 Å². The number of esters is 1. The van der Waals surface area contributed by atoms with Crippen LogP contribution in [-0.4, -0.2) is 42.4 Å². The first-order valence-corrected chi connectivity index (χ1v) is 7.33. The Morgan fingerprint density at radius 3 is 2.81 bits per heavy atom. The van der Waals surface area contributed by atoms with E-state index in [4.69, 9.17) is 5.11 Å². The molecule has 1 heterocycles. The number of benzene rings is 1. The highest BCUT2D eigenvalue weighted by molar-refractivity contribution is 7.99. The molecule has 21 heavy (non-hydrogen) atoms. The molecule has 1 N–H and O–H groups in total. The van der Waals surface area contributed by atoms with Gasteiger partial charge >= 0.3 is 11.9 Å². The highest BCUT2D eigenvalue weighted by Crippen LogP contribution is 2.36. The van der Waals surface area contributed by atoms with Crippen LogP contribution in [0.2, 0.25) is 0 Å². The Labute approximate surface area is 126 Å². The lowest BCUT2D eigenvalue weighted by atomic mass is 10.1. The maximum absolute atomic E-state index is 12.5. The second kappa shape index (κ2) is 6.62. The van der Waals surface area contributed by atoms with Gasteiger partial charge in [-0.2, -0.15) is 0 Å². The van der Waals surface area contributed by atoms with Gasteiger partial charge in [0.15, 0.2) is 0 Å². The summed E-state index contributed by atoms with van der Waals surface area (Å²) in [6.45, 7) is -0.423. The zero-order valence-corrected chi connectivity index (χ0v) is 12.3. The average Bonchev–Trinajstić information content (AvgIpc) is 2.59. The molecular weight excluding hydrogens is 294 g/mol. The van der Waals surface area contributed by atoms with Crippen LogP contribution in [0.5, 0.6) is 0 Å². The van der Waals surface area contributed by atoms with Crippen molar-refractivity contribution in [1.29, 1.82) is 0 Å². The summed E-state index contributed by atoms with van der Waals surface area (Å²) in [5, 5.41) is 9.02. The van der Waals surface area contributed by atoms with Crippen LogP contribution in [0.1, 0.15) is 6.42 Å². The number of rotatable bonds is 4. The maximum atomic E-state index is 12.5. The minimum atomic E-state index is -1.10. The molecule has 0 fully saturated rings. The maximum Gasteiger partial charge on any atom is 0.323 e. The Hall–Kier alpha value is -2.02. The summed E-state index contributed by atoms with van der Waals surface area (Å²) in [6, 6.07) is 7.13. The Morgan fingerprint density at radius 1 is 1.43 bits per heavy atom. The van der Waals surface area contributed by atoms with Gasteiger partial charge in [-0.05, 0) is 12.1 Å². The molecule has 1 unspecified atom stereocenters. The molecule has 0 radical (unpaired) electrons. The molecule has 1 aromatic rings. The minimum Gasteiger partial charge on any atom is -0.480 e. The van der Waals surface area contributed by atoms with Gasteiger partial charge in [0, 0.05) is 10.6 Å². The van der Waals surface area contributed by atoms with Crippen LogP contribution < -0.4 is 4.90 Å². The smallest absolute Gasteiger partial charge is 0.323 e. The number of aliphatic carboxylic acids is 1. The quantitative estimate of drug-likeness (QED) is 0.846. The summed E-state index contributed by atoms with van der Waals surface area (Å²) in [6.07, 6.45) is -0.0492. The van der Waals surface area contributed by atoms with E-state index in [0.29, 0.717) is 11.4 Å². The van der Waals surface area contributed by atoms with Crippen molar-refractivity contribution in [3.8, 4) is 0 Å². The molecule has 112 valence electrons. The van der Waals surface area contributed by atoms with Crippen molar-refractivity contribution in [3.63, 3.8) is 0 Å². The molecule has 0 saturated heterocycles. The molecule has 0 aromatic heterocycles. The molecule has 6 nitrogen and oxygen atoms in total. The van der Waals surface area contributed by atoms with Crippen molar-refractivity contribution in [2.24, 2.45) is 5.92 Å². The van der Waals surface area contributed by atoms with Crippen LogP contribution in [-0.2, 0) is 19.1 Å². The topological polar surface area (TPSA) is 83.9 Å². The van der Waals surface area contributed by atoms with Gasteiger partial charge < -0.3 is 9.84 Å². The molecule has 1 atom stereocenters. The van der Waals surface area contributed by atoms with Crippen LogP contribution in [0.15, 0.2) is 29.2 Å². The number of methoxy groups -OCH3 is 1. The van der Waals surface area contributed by atoms with Gasteiger partial charge in [0.1, 0.15) is 6.54 Å². The number of nitrogens with zero attached hydrogens (tertiary/aromatic N) is 1. The SMILES string of the molecule is COC(=O)CC1CSc2ccccc2N(CC(=O)O)C1=O. The first kappa shape index (κ1) is 15.4. The Balaban J connectivity index is 2.33. The van der Waals surface area contributed by atoms with E-state index in [1.807, 2.05) is 12.1 Å². The van der Waals surface area contributed by atoms with Crippen molar-refractivity contribution in [1.82, 2.24) is 0 Å². The molecule has 1 aliphatic heterocycles.